The molecule has 20 heavy (non-hydrogen) atoms. The van der Waals surface area contributed by atoms with Crippen molar-refractivity contribution in [2.45, 2.75) is 53.0 Å². The highest BCUT2D eigenvalue weighted by Crippen LogP contribution is 2.28. The van der Waals surface area contributed by atoms with Crippen LogP contribution < -0.4 is 10.1 Å². The zero-order chi connectivity index (χ0) is 14.5. The molecule has 0 spiro atoms. The van der Waals surface area contributed by atoms with Crippen LogP contribution in [0, 0.1) is 25.7 Å². The van der Waals surface area contributed by atoms with Crippen molar-refractivity contribution in [3.8, 4) is 5.75 Å². The average Bonchev–Trinajstić information content (AvgIpc) is 2.46. The first-order valence-corrected chi connectivity index (χ1v) is 7.95. The average molecular weight is 275 g/mol. The second-order valence-electron chi connectivity index (χ2n) is 6.43. The summed E-state index contributed by atoms with van der Waals surface area (Å²) in [7, 11) is 1.74. The fraction of sp³-hybridized carbons (Fsp3) is 0.667. The molecule has 1 aliphatic carbocycles. The second-order valence-corrected chi connectivity index (χ2v) is 6.43. The van der Waals surface area contributed by atoms with Crippen molar-refractivity contribution in [2.75, 3.05) is 13.7 Å². The molecule has 1 N–H and O–H groups in total. The summed E-state index contributed by atoms with van der Waals surface area (Å²) in [5.74, 6) is 2.82. The van der Waals surface area contributed by atoms with Crippen LogP contribution in [-0.2, 0) is 6.54 Å². The predicted molar refractivity (Wildman–Crippen MR) is 85.3 cm³/mol. The molecule has 1 aromatic rings. The number of hydrogen-bond donors (Lipinski definition) is 1. The van der Waals surface area contributed by atoms with Gasteiger partial charge >= 0.3 is 0 Å². The normalized spacial score (nSPS) is 22.8. The van der Waals surface area contributed by atoms with Gasteiger partial charge in [0.15, 0.2) is 0 Å². The topological polar surface area (TPSA) is 21.3 Å². The van der Waals surface area contributed by atoms with E-state index >= 15 is 0 Å². The molecule has 0 bridgehead atoms. The van der Waals surface area contributed by atoms with Gasteiger partial charge in [0.05, 0.1) is 7.11 Å². The molecule has 0 amide bonds. The molecule has 2 nitrogen and oxygen atoms in total. The summed E-state index contributed by atoms with van der Waals surface area (Å²) in [5.41, 5.74) is 4.01. The van der Waals surface area contributed by atoms with E-state index in [0.29, 0.717) is 0 Å². The van der Waals surface area contributed by atoms with Gasteiger partial charge in [-0.15, -0.1) is 0 Å². The molecule has 2 rings (SSSR count). The van der Waals surface area contributed by atoms with Crippen molar-refractivity contribution in [2.24, 2.45) is 11.8 Å². The monoisotopic (exact) mass is 275 g/mol. The molecule has 0 unspecified atom stereocenters. The van der Waals surface area contributed by atoms with E-state index in [2.05, 4.69) is 38.2 Å². The molecule has 1 aliphatic rings. The molecule has 2 heteroatoms. The number of benzene rings is 1. The highest BCUT2D eigenvalue weighted by atomic mass is 16.5. The van der Waals surface area contributed by atoms with E-state index in [0.717, 1.165) is 30.7 Å². The van der Waals surface area contributed by atoms with Crippen LogP contribution in [0.4, 0.5) is 0 Å². The van der Waals surface area contributed by atoms with Crippen molar-refractivity contribution in [1.29, 1.82) is 0 Å². The van der Waals surface area contributed by atoms with E-state index in [1.807, 2.05) is 0 Å². The summed E-state index contributed by atoms with van der Waals surface area (Å²) >= 11 is 0. The highest BCUT2D eigenvalue weighted by Gasteiger charge is 2.17. The summed E-state index contributed by atoms with van der Waals surface area (Å²) in [4.78, 5) is 0. The Morgan fingerprint density at radius 3 is 2.45 bits per heavy atom. The van der Waals surface area contributed by atoms with Crippen LogP contribution in [0.15, 0.2) is 12.1 Å². The van der Waals surface area contributed by atoms with Gasteiger partial charge < -0.3 is 10.1 Å². The van der Waals surface area contributed by atoms with E-state index in [1.165, 1.54) is 42.4 Å². The lowest BCUT2D eigenvalue weighted by molar-refractivity contribution is 0.281. The molecule has 0 heterocycles. The summed E-state index contributed by atoms with van der Waals surface area (Å²) in [6.07, 6.45) is 5.61. The Morgan fingerprint density at radius 2 is 1.80 bits per heavy atom. The van der Waals surface area contributed by atoms with Gasteiger partial charge in [-0.2, -0.15) is 0 Å². The summed E-state index contributed by atoms with van der Waals surface area (Å²) in [5, 5.41) is 3.65. The Bertz CT molecular complexity index is 433. The largest absolute Gasteiger partial charge is 0.496 e. The third kappa shape index (κ3) is 3.76. The zero-order valence-electron chi connectivity index (χ0n) is 13.5. The molecule has 1 saturated carbocycles. The van der Waals surface area contributed by atoms with E-state index < -0.39 is 0 Å². The Labute approximate surface area is 123 Å². The molecule has 0 radical (unpaired) electrons. The van der Waals surface area contributed by atoms with Gasteiger partial charge in [-0.25, -0.2) is 0 Å². The Morgan fingerprint density at radius 1 is 1.10 bits per heavy atom. The van der Waals surface area contributed by atoms with E-state index in [-0.39, 0.29) is 0 Å². The van der Waals surface area contributed by atoms with Crippen molar-refractivity contribution in [1.82, 2.24) is 5.32 Å². The lowest BCUT2D eigenvalue weighted by Gasteiger charge is -2.26. The van der Waals surface area contributed by atoms with E-state index in [4.69, 9.17) is 4.74 Å². The van der Waals surface area contributed by atoms with Gasteiger partial charge in [0.2, 0.25) is 0 Å². The van der Waals surface area contributed by atoms with Crippen LogP contribution in [-0.4, -0.2) is 13.7 Å². The minimum atomic E-state index is 0.880. The van der Waals surface area contributed by atoms with Gasteiger partial charge in [0, 0.05) is 6.54 Å². The Kier molecular flexibility index (Phi) is 5.47. The van der Waals surface area contributed by atoms with Crippen molar-refractivity contribution < 1.29 is 4.74 Å². The lowest BCUT2D eigenvalue weighted by Crippen LogP contribution is -2.26. The van der Waals surface area contributed by atoms with Crippen molar-refractivity contribution in [3.05, 3.63) is 28.8 Å². The van der Waals surface area contributed by atoms with Crippen LogP contribution in [0.1, 0.15) is 49.3 Å². The fourth-order valence-corrected chi connectivity index (χ4v) is 3.21. The van der Waals surface area contributed by atoms with Gasteiger partial charge in [0.25, 0.3) is 0 Å². The summed E-state index contributed by atoms with van der Waals surface area (Å²) in [6, 6.07) is 4.28. The number of hydrogen-bond acceptors (Lipinski definition) is 2. The number of nitrogens with one attached hydrogen (secondary N) is 1. The van der Waals surface area contributed by atoms with Crippen LogP contribution in [0.5, 0.6) is 5.75 Å². The third-order valence-corrected chi connectivity index (χ3v) is 4.95. The highest BCUT2D eigenvalue weighted by molar-refractivity contribution is 5.43. The molecule has 0 atom stereocenters. The first-order valence-electron chi connectivity index (χ1n) is 7.95. The third-order valence-electron chi connectivity index (χ3n) is 4.95. The summed E-state index contributed by atoms with van der Waals surface area (Å²) in [6.45, 7) is 8.85. The van der Waals surface area contributed by atoms with Crippen molar-refractivity contribution >= 4 is 0 Å². The van der Waals surface area contributed by atoms with Crippen molar-refractivity contribution in [3.63, 3.8) is 0 Å². The summed E-state index contributed by atoms with van der Waals surface area (Å²) < 4.78 is 5.37. The lowest BCUT2D eigenvalue weighted by atomic mass is 9.83. The molecule has 1 aromatic carbocycles. The van der Waals surface area contributed by atoms with E-state index in [1.54, 1.807) is 7.11 Å². The first-order chi connectivity index (χ1) is 9.61. The molecule has 112 valence electrons. The molecule has 1 fully saturated rings. The van der Waals surface area contributed by atoms with Gasteiger partial charge in [0.1, 0.15) is 5.75 Å². The molecule has 0 aromatic heterocycles. The maximum absolute atomic E-state index is 5.37. The molecule has 0 saturated heterocycles. The van der Waals surface area contributed by atoms with Gasteiger partial charge in [-0.05, 0) is 67.8 Å². The van der Waals surface area contributed by atoms with E-state index in [9.17, 15) is 0 Å². The van der Waals surface area contributed by atoms with Crippen LogP contribution >= 0.6 is 0 Å². The quantitative estimate of drug-likeness (QED) is 0.868. The first kappa shape index (κ1) is 15.4. The molecular weight excluding hydrogens is 246 g/mol. The van der Waals surface area contributed by atoms with Gasteiger partial charge in [-0.3, -0.25) is 0 Å². The minimum Gasteiger partial charge on any atom is -0.496 e. The number of ether oxygens (including phenoxy) is 1. The number of methoxy groups -OCH3 is 1. The van der Waals surface area contributed by atoms with Gasteiger partial charge in [-0.1, -0.05) is 25.8 Å². The molecule has 0 aliphatic heterocycles. The maximum atomic E-state index is 5.37. The van der Waals surface area contributed by atoms with Crippen LogP contribution in [0.25, 0.3) is 0 Å². The standard InChI is InChI=1S/C18H29NO/c1-13-5-7-16(8-6-13)11-19-12-17-9-10-18(20-4)15(3)14(17)2/h9-10,13,16,19H,5-8,11-12H2,1-4H3. The predicted octanol–water partition coefficient (Wildman–Crippen LogP) is 4.23. The zero-order valence-corrected chi connectivity index (χ0v) is 13.5. The number of rotatable bonds is 5. The smallest absolute Gasteiger partial charge is 0.122 e. The molecular formula is C18H29NO. The van der Waals surface area contributed by atoms with Crippen LogP contribution in [0.2, 0.25) is 0 Å². The second kappa shape index (κ2) is 7.12. The fourth-order valence-electron chi connectivity index (χ4n) is 3.21. The minimum absolute atomic E-state index is 0.880. The SMILES string of the molecule is COc1ccc(CNCC2CCC(C)CC2)c(C)c1C. The Balaban J connectivity index is 1.84. The Hall–Kier alpha value is -1.02. The maximum Gasteiger partial charge on any atom is 0.122 e. The van der Waals surface area contributed by atoms with Crippen LogP contribution in [0.3, 0.4) is 0 Å².